The quantitative estimate of drug-likeness (QED) is 0.727. The van der Waals surface area contributed by atoms with Gasteiger partial charge in [-0.3, -0.25) is 9.82 Å². The first-order valence-corrected chi connectivity index (χ1v) is 6.58. The van der Waals surface area contributed by atoms with Gasteiger partial charge in [0.25, 0.3) is 10.0 Å². The first-order chi connectivity index (χ1) is 9.44. The van der Waals surface area contributed by atoms with Gasteiger partial charge in [-0.25, -0.2) is 9.78 Å². The number of carboxylic acid groups (broad SMARTS) is 1. The van der Waals surface area contributed by atoms with Crippen LogP contribution >= 0.6 is 0 Å². The largest absolute Gasteiger partial charge is 0.478 e. The van der Waals surface area contributed by atoms with Gasteiger partial charge in [-0.2, -0.15) is 18.8 Å². The van der Waals surface area contributed by atoms with E-state index in [9.17, 15) is 13.2 Å². The van der Waals surface area contributed by atoms with Crippen LogP contribution in [0.1, 0.15) is 15.9 Å². The normalized spacial score (nSPS) is 10.8. The number of nitrogens with one attached hydrogen (secondary N) is 2. The van der Waals surface area contributed by atoms with Crippen molar-refractivity contribution in [1.29, 1.82) is 5.26 Å². The average molecular weight is 293 g/mol. The molecule has 0 fully saturated rings. The van der Waals surface area contributed by atoms with Gasteiger partial charge in [0.15, 0.2) is 5.03 Å². The van der Waals surface area contributed by atoms with Crippen LogP contribution in [-0.4, -0.2) is 34.7 Å². The van der Waals surface area contributed by atoms with Crippen molar-refractivity contribution >= 4 is 21.8 Å². The van der Waals surface area contributed by atoms with Crippen molar-refractivity contribution in [2.45, 2.75) is 5.03 Å². The predicted octanol–water partition coefficient (Wildman–Crippen LogP) is 0.175. The fraction of sp³-hybridized carbons (Fsp3) is 0. The SMILES string of the molecule is N#Cc1ccc(NS(=O)(=O)c2[nH]ncc2C(=O)O)nc1. The predicted molar refractivity (Wildman–Crippen MR) is 65.3 cm³/mol. The molecule has 0 saturated carbocycles. The van der Waals surface area contributed by atoms with Crippen LogP contribution in [0.15, 0.2) is 29.6 Å². The summed E-state index contributed by atoms with van der Waals surface area (Å²) in [6, 6.07) is 4.49. The Labute approximate surface area is 112 Å². The number of carbonyl (C=O) groups is 1. The number of hydrogen-bond donors (Lipinski definition) is 3. The molecule has 0 aliphatic rings. The van der Waals surface area contributed by atoms with E-state index in [0.717, 1.165) is 6.20 Å². The molecule has 20 heavy (non-hydrogen) atoms. The van der Waals surface area contributed by atoms with Crippen LogP contribution in [0.4, 0.5) is 5.82 Å². The monoisotopic (exact) mass is 293 g/mol. The lowest BCUT2D eigenvalue weighted by Crippen LogP contribution is -2.17. The molecule has 0 aliphatic carbocycles. The number of rotatable bonds is 4. The van der Waals surface area contributed by atoms with Gasteiger partial charge in [0.05, 0.1) is 11.8 Å². The van der Waals surface area contributed by atoms with E-state index < -0.39 is 26.6 Å². The second kappa shape index (κ2) is 4.98. The number of anilines is 1. The highest BCUT2D eigenvalue weighted by Crippen LogP contribution is 2.16. The number of aromatic amines is 1. The maximum atomic E-state index is 12.0. The van der Waals surface area contributed by atoms with Gasteiger partial charge in [-0.05, 0) is 12.1 Å². The fourth-order valence-electron chi connectivity index (χ4n) is 1.34. The zero-order valence-electron chi connectivity index (χ0n) is 9.73. The number of sulfonamides is 1. The molecule has 0 aromatic carbocycles. The van der Waals surface area contributed by atoms with E-state index in [0.29, 0.717) is 0 Å². The molecule has 2 rings (SSSR count). The number of hydrogen-bond acceptors (Lipinski definition) is 6. The lowest BCUT2D eigenvalue weighted by atomic mass is 10.3. The number of carboxylic acids is 1. The summed E-state index contributed by atoms with van der Waals surface area (Å²) in [5, 5.41) is 22.4. The lowest BCUT2D eigenvalue weighted by molar-refractivity contribution is 0.0692. The summed E-state index contributed by atoms with van der Waals surface area (Å²) in [6.45, 7) is 0. The fourth-order valence-corrected chi connectivity index (χ4v) is 2.44. The minimum absolute atomic E-state index is 0.0464. The Bertz CT molecular complexity index is 788. The van der Waals surface area contributed by atoms with E-state index >= 15 is 0 Å². The van der Waals surface area contributed by atoms with Crippen LogP contribution in [0.5, 0.6) is 0 Å². The van der Waals surface area contributed by atoms with Crippen molar-refractivity contribution in [3.05, 3.63) is 35.7 Å². The molecule has 2 heterocycles. The molecule has 10 heteroatoms. The Hall–Kier alpha value is -2.93. The third-order valence-electron chi connectivity index (χ3n) is 2.24. The molecule has 0 aliphatic heterocycles. The topological polar surface area (TPSA) is 149 Å². The van der Waals surface area contributed by atoms with Gasteiger partial charge in [0.2, 0.25) is 0 Å². The molecule has 2 aromatic heterocycles. The third kappa shape index (κ3) is 2.57. The van der Waals surface area contributed by atoms with Gasteiger partial charge in [0, 0.05) is 6.20 Å². The van der Waals surface area contributed by atoms with Crippen LogP contribution in [0.3, 0.4) is 0 Å². The number of aromatic nitrogens is 3. The summed E-state index contributed by atoms with van der Waals surface area (Å²) in [5.74, 6) is -1.47. The molecule has 0 spiro atoms. The van der Waals surface area contributed by atoms with Crippen LogP contribution in [0, 0.1) is 11.3 Å². The van der Waals surface area contributed by atoms with E-state index in [1.54, 1.807) is 0 Å². The highest BCUT2D eigenvalue weighted by molar-refractivity contribution is 7.92. The molecule has 0 unspecified atom stereocenters. The first kappa shape index (κ1) is 13.5. The molecular weight excluding hydrogens is 286 g/mol. The summed E-state index contributed by atoms with van der Waals surface area (Å²) in [4.78, 5) is 14.6. The summed E-state index contributed by atoms with van der Waals surface area (Å²) < 4.78 is 26.1. The molecule has 9 nitrogen and oxygen atoms in total. The third-order valence-corrected chi connectivity index (χ3v) is 3.56. The van der Waals surface area contributed by atoms with Gasteiger partial charge < -0.3 is 5.11 Å². The number of nitrogens with zero attached hydrogens (tertiary/aromatic N) is 3. The van der Waals surface area contributed by atoms with Crippen molar-refractivity contribution in [2.75, 3.05) is 4.72 Å². The molecule has 2 aromatic rings. The Morgan fingerprint density at radius 1 is 1.40 bits per heavy atom. The van der Waals surface area contributed by atoms with E-state index in [1.165, 1.54) is 18.3 Å². The second-order valence-corrected chi connectivity index (χ2v) is 5.19. The van der Waals surface area contributed by atoms with Gasteiger partial charge in [-0.1, -0.05) is 0 Å². The maximum absolute atomic E-state index is 12.0. The van der Waals surface area contributed by atoms with Crippen molar-refractivity contribution in [2.24, 2.45) is 0 Å². The van der Waals surface area contributed by atoms with Crippen molar-refractivity contribution < 1.29 is 18.3 Å². The van der Waals surface area contributed by atoms with E-state index in [2.05, 4.69) is 19.9 Å². The lowest BCUT2D eigenvalue weighted by Gasteiger charge is -2.05. The number of H-pyrrole nitrogens is 1. The molecular formula is C10H7N5O4S. The van der Waals surface area contributed by atoms with Gasteiger partial charge in [-0.15, -0.1) is 0 Å². The molecule has 0 amide bonds. The number of nitriles is 1. The Morgan fingerprint density at radius 3 is 2.70 bits per heavy atom. The van der Waals surface area contributed by atoms with Crippen molar-refractivity contribution in [3.63, 3.8) is 0 Å². The highest BCUT2D eigenvalue weighted by Gasteiger charge is 2.25. The van der Waals surface area contributed by atoms with Crippen LogP contribution < -0.4 is 4.72 Å². The molecule has 102 valence electrons. The summed E-state index contributed by atoms with van der Waals surface area (Å²) >= 11 is 0. The van der Waals surface area contributed by atoms with Crippen molar-refractivity contribution in [3.8, 4) is 6.07 Å². The second-order valence-electron chi connectivity index (χ2n) is 3.57. The minimum Gasteiger partial charge on any atom is -0.478 e. The molecule has 0 saturated heterocycles. The zero-order valence-corrected chi connectivity index (χ0v) is 10.5. The van der Waals surface area contributed by atoms with Crippen LogP contribution in [-0.2, 0) is 10.0 Å². The molecule has 0 atom stereocenters. The molecule has 0 radical (unpaired) electrons. The van der Waals surface area contributed by atoms with E-state index in [4.69, 9.17) is 10.4 Å². The number of aromatic carboxylic acids is 1. The Morgan fingerprint density at radius 2 is 2.15 bits per heavy atom. The Balaban J connectivity index is 2.33. The first-order valence-electron chi connectivity index (χ1n) is 5.09. The van der Waals surface area contributed by atoms with Gasteiger partial charge in [0.1, 0.15) is 17.5 Å². The standard InChI is InChI=1S/C10H7N5O4S/c11-3-6-1-2-8(12-4-6)15-20(18,19)9-7(10(16)17)5-13-14-9/h1-2,4-5H,(H,12,15)(H,13,14)(H,16,17). The Kier molecular flexibility index (Phi) is 3.36. The van der Waals surface area contributed by atoms with E-state index in [1.807, 2.05) is 6.07 Å². The smallest absolute Gasteiger partial charge is 0.340 e. The van der Waals surface area contributed by atoms with E-state index in [-0.39, 0.29) is 11.4 Å². The maximum Gasteiger partial charge on any atom is 0.340 e. The zero-order chi connectivity index (χ0) is 14.8. The summed E-state index contributed by atoms with van der Waals surface area (Å²) in [5.41, 5.74) is -0.216. The minimum atomic E-state index is -4.16. The highest BCUT2D eigenvalue weighted by atomic mass is 32.2. The summed E-state index contributed by atoms with van der Waals surface area (Å²) in [7, 11) is -4.16. The number of pyridine rings is 1. The summed E-state index contributed by atoms with van der Waals surface area (Å²) in [6.07, 6.45) is 2.08. The van der Waals surface area contributed by atoms with Gasteiger partial charge >= 0.3 is 5.97 Å². The average Bonchev–Trinajstić information content (AvgIpc) is 2.89. The molecule has 3 N–H and O–H groups in total. The van der Waals surface area contributed by atoms with Crippen molar-refractivity contribution in [1.82, 2.24) is 15.2 Å². The van der Waals surface area contributed by atoms with Crippen LogP contribution in [0.25, 0.3) is 0 Å². The van der Waals surface area contributed by atoms with Crippen LogP contribution in [0.2, 0.25) is 0 Å². The molecule has 0 bridgehead atoms.